The standard InChI is InChI=1S/C26H18Cl2N2O4S/c1-14-22(25(32)33-2)23(15-7-9-16(27)10-8-15)30-24(31)21(35-26(30)29-14)13-17-11-12-20(34-17)18-5-3-4-6-19(18)28/h3-13,23H,1-2H3. The highest BCUT2D eigenvalue weighted by atomic mass is 35.5. The van der Waals surface area contributed by atoms with Crippen molar-refractivity contribution in [3.63, 3.8) is 0 Å². The van der Waals surface area contributed by atoms with Gasteiger partial charge in [-0.25, -0.2) is 9.79 Å². The van der Waals surface area contributed by atoms with Gasteiger partial charge in [-0.3, -0.25) is 9.36 Å². The maximum Gasteiger partial charge on any atom is 0.338 e. The molecule has 0 fully saturated rings. The first-order chi connectivity index (χ1) is 16.9. The van der Waals surface area contributed by atoms with Crippen LogP contribution in [-0.2, 0) is 9.53 Å². The molecule has 1 aliphatic rings. The summed E-state index contributed by atoms with van der Waals surface area (Å²) in [4.78, 5) is 31.3. The molecule has 0 aliphatic carbocycles. The molecule has 0 spiro atoms. The summed E-state index contributed by atoms with van der Waals surface area (Å²) in [5.74, 6) is 0.547. The van der Waals surface area contributed by atoms with E-state index < -0.39 is 12.0 Å². The second kappa shape index (κ2) is 9.34. The molecule has 1 unspecified atom stereocenters. The lowest BCUT2D eigenvalue weighted by molar-refractivity contribution is -0.136. The highest BCUT2D eigenvalue weighted by Crippen LogP contribution is 2.32. The normalized spacial score (nSPS) is 15.7. The van der Waals surface area contributed by atoms with Gasteiger partial charge in [-0.2, -0.15) is 0 Å². The molecule has 35 heavy (non-hydrogen) atoms. The number of furan rings is 1. The topological polar surface area (TPSA) is 73.8 Å². The van der Waals surface area contributed by atoms with Crippen LogP contribution in [0.1, 0.15) is 24.3 Å². The van der Waals surface area contributed by atoms with E-state index in [9.17, 15) is 9.59 Å². The van der Waals surface area contributed by atoms with E-state index in [0.717, 1.165) is 11.1 Å². The molecule has 2 aromatic carbocycles. The van der Waals surface area contributed by atoms with E-state index in [1.807, 2.05) is 18.2 Å². The van der Waals surface area contributed by atoms with Crippen molar-refractivity contribution in [3.05, 3.63) is 113 Å². The number of halogens is 2. The fourth-order valence-corrected chi connectivity index (χ4v) is 5.40. The van der Waals surface area contributed by atoms with Crippen LogP contribution in [0.3, 0.4) is 0 Å². The number of carbonyl (C=O) groups excluding carboxylic acids is 1. The number of aromatic nitrogens is 1. The molecule has 9 heteroatoms. The molecule has 3 heterocycles. The number of esters is 1. The van der Waals surface area contributed by atoms with Gasteiger partial charge < -0.3 is 9.15 Å². The van der Waals surface area contributed by atoms with E-state index >= 15 is 0 Å². The molecule has 1 aliphatic heterocycles. The number of benzene rings is 2. The number of allylic oxidation sites excluding steroid dienone is 1. The third kappa shape index (κ3) is 4.27. The van der Waals surface area contributed by atoms with E-state index in [1.54, 1.807) is 55.5 Å². The summed E-state index contributed by atoms with van der Waals surface area (Å²) in [6.07, 6.45) is 1.67. The first-order valence-electron chi connectivity index (χ1n) is 10.6. The monoisotopic (exact) mass is 524 g/mol. The number of thiazole rings is 1. The van der Waals surface area contributed by atoms with Crippen molar-refractivity contribution in [2.75, 3.05) is 7.11 Å². The Morgan fingerprint density at radius 2 is 1.86 bits per heavy atom. The zero-order chi connectivity index (χ0) is 24.7. The first kappa shape index (κ1) is 23.4. The maximum atomic E-state index is 13.6. The highest BCUT2D eigenvalue weighted by Gasteiger charge is 2.33. The molecule has 176 valence electrons. The fourth-order valence-electron chi connectivity index (χ4n) is 4.02. The lowest BCUT2D eigenvalue weighted by atomic mass is 9.96. The van der Waals surface area contributed by atoms with Gasteiger partial charge in [0.2, 0.25) is 0 Å². The van der Waals surface area contributed by atoms with Crippen LogP contribution in [0.5, 0.6) is 0 Å². The molecule has 6 nitrogen and oxygen atoms in total. The Balaban J connectivity index is 1.66. The number of rotatable bonds is 4. The maximum absolute atomic E-state index is 13.6. The van der Waals surface area contributed by atoms with Crippen LogP contribution < -0.4 is 14.9 Å². The van der Waals surface area contributed by atoms with Gasteiger partial charge in [-0.1, -0.05) is 58.8 Å². The zero-order valence-electron chi connectivity index (χ0n) is 18.6. The Kier molecular flexibility index (Phi) is 6.23. The number of ether oxygens (including phenoxy) is 1. The summed E-state index contributed by atoms with van der Waals surface area (Å²) in [6, 6.07) is 17.3. The van der Waals surface area contributed by atoms with Gasteiger partial charge in [-0.15, -0.1) is 0 Å². The summed E-state index contributed by atoms with van der Waals surface area (Å²) >= 11 is 13.6. The van der Waals surface area contributed by atoms with Gasteiger partial charge in [0.1, 0.15) is 11.5 Å². The van der Waals surface area contributed by atoms with E-state index in [0.29, 0.717) is 42.2 Å². The largest absolute Gasteiger partial charge is 0.466 e. The SMILES string of the molecule is COC(=O)C1=C(C)N=c2sc(=Cc3ccc(-c4ccccc4Cl)o3)c(=O)n2C1c1ccc(Cl)cc1. The van der Waals surface area contributed by atoms with Crippen LogP contribution in [0.4, 0.5) is 0 Å². The van der Waals surface area contributed by atoms with E-state index in [2.05, 4.69) is 4.99 Å². The Morgan fingerprint density at radius 3 is 2.57 bits per heavy atom. The molecule has 0 saturated heterocycles. The molecule has 2 aromatic heterocycles. The summed E-state index contributed by atoms with van der Waals surface area (Å²) in [7, 11) is 1.31. The predicted molar refractivity (Wildman–Crippen MR) is 136 cm³/mol. The van der Waals surface area contributed by atoms with Crippen molar-refractivity contribution >= 4 is 46.6 Å². The molecule has 0 radical (unpaired) electrons. The third-order valence-corrected chi connectivity index (χ3v) is 7.22. The second-order valence-corrected chi connectivity index (χ2v) is 9.66. The van der Waals surface area contributed by atoms with Gasteiger partial charge in [0.25, 0.3) is 5.56 Å². The van der Waals surface area contributed by atoms with Gasteiger partial charge in [-0.05, 0) is 48.9 Å². The number of nitrogens with zero attached hydrogens (tertiary/aromatic N) is 2. The zero-order valence-corrected chi connectivity index (χ0v) is 20.9. The summed E-state index contributed by atoms with van der Waals surface area (Å²) in [5.41, 5.74) is 1.97. The van der Waals surface area contributed by atoms with Crippen LogP contribution in [0.25, 0.3) is 17.4 Å². The van der Waals surface area contributed by atoms with Crippen molar-refractivity contribution in [1.82, 2.24) is 4.57 Å². The molecule has 5 rings (SSSR count). The predicted octanol–water partition coefficient (Wildman–Crippen LogP) is 4.98. The molecule has 0 bridgehead atoms. The van der Waals surface area contributed by atoms with Gasteiger partial charge in [0.15, 0.2) is 4.80 Å². The van der Waals surface area contributed by atoms with Crippen LogP contribution >= 0.6 is 34.5 Å². The molecule has 0 saturated carbocycles. The Hall–Kier alpha value is -3.39. The number of fused-ring (bicyclic) bond motifs is 1. The van der Waals surface area contributed by atoms with Crippen LogP contribution in [-0.4, -0.2) is 17.6 Å². The number of methoxy groups -OCH3 is 1. The van der Waals surface area contributed by atoms with E-state index in [4.69, 9.17) is 32.4 Å². The molecular formula is C26H18Cl2N2O4S. The average Bonchev–Trinajstić information content (AvgIpc) is 3.43. The van der Waals surface area contributed by atoms with Crippen molar-refractivity contribution < 1.29 is 13.9 Å². The quantitative estimate of drug-likeness (QED) is 0.353. The molecule has 0 N–H and O–H groups in total. The molecule has 1 atom stereocenters. The number of hydrogen-bond donors (Lipinski definition) is 0. The Morgan fingerprint density at radius 1 is 1.11 bits per heavy atom. The van der Waals surface area contributed by atoms with Crippen LogP contribution in [0.15, 0.2) is 86.1 Å². The van der Waals surface area contributed by atoms with E-state index in [-0.39, 0.29) is 5.56 Å². The number of carbonyl (C=O) groups is 1. The lowest BCUT2D eigenvalue weighted by Gasteiger charge is -2.24. The summed E-state index contributed by atoms with van der Waals surface area (Å²) in [6.45, 7) is 1.73. The fraction of sp³-hybridized carbons (Fsp3) is 0.115. The minimum absolute atomic E-state index is 0.293. The van der Waals surface area contributed by atoms with Crippen LogP contribution in [0.2, 0.25) is 10.0 Å². The summed E-state index contributed by atoms with van der Waals surface area (Å²) < 4.78 is 12.9. The minimum Gasteiger partial charge on any atom is -0.466 e. The minimum atomic E-state index is -0.701. The van der Waals surface area contributed by atoms with Gasteiger partial charge >= 0.3 is 5.97 Å². The third-order valence-electron chi connectivity index (χ3n) is 5.65. The molecule has 0 amide bonds. The molecule has 4 aromatic rings. The Labute approximate surface area is 214 Å². The Bertz CT molecular complexity index is 1660. The summed E-state index contributed by atoms with van der Waals surface area (Å²) in [5, 5.41) is 1.12. The first-order valence-corrected chi connectivity index (χ1v) is 12.2. The smallest absolute Gasteiger partial charge is 0.338 e. The van der Waals surface area contributed by atoms with Gasteiger partial charge in [0.05, 0.1) is 34.0 Å². The van der Waals surface area contributed by atoms with Crippen LogP contribution in [0, 0.1) is 0 Å². The average molecular weight is 525 g/mol. The highest BCUT2D eigenvalue weighted by molar-refractivity contribution is 7.07. The van der Waals surface area contributed by atoms with Crippen molar-refractivity contribution in [2.45, 2.75) is 13.0 Å². The van der Waals surface area contributed by atoms with E-state index in [1.165, 1.54) is 23.0 Å². The number of hydrogen-bond acceptors (Lipinski definition) is 6. The van der Waals surface area contributed by atoms with Crippen molar-refractivity contribution in [3.8, 4) is 11.3 Å². The lowest BCUT2D eigenvalue weighted by Crippen LogP contribution is -2.39. The van der Waals surface area contributed by atoms with Crippen molar-refractivity contribution in [2.24, 2.45) is 4.99 Å². The second-order valence-electron chi connectivity index (χ2n) is 7.81. The van der Waals surface area contributed by atoms with Gasteiger partial charge in [0, 0.05) is 16.7 Å². The molecular weight excluding hydrogens is 507 g/mol. The van der Waals surface area contributed by atoms with Crippen molar-refractivity contribution in [1.29, 1.82) is 0 Å².